The molecule has 2 aromatic rings. The second kappa shape index (κ2) is 10.0. The largest absolute Gasteiger partial charge is 0.415 e. The van der Waals surface area contributed by atoms with Gasteiger partial charge >= 0.3 is 0 Å². The molecule has 0 heterocycles. The van der Waals surface area contributed by atoms with E-state index in [9.17, 15) is 13.2 Å². The molecule has 1 atom stereocenters. The molecule has 0 aliphatic rings. The third kappa shape index (κ3) is 7.24. The summed E-state index contributed by atoms with van der Waals surface area (Å²) in [7, 11) is -5.87. The quantitative estimate of drug-likeness (QED) is 0.322. The van der Waals surface area contributed by atoms with E-state index in [-0.39, 0.29) is 22.3 Å². The van der Waals surface area contributed by atoms with Crippen LogP contribution in [0, 0.1) is 6.92 Å². The van der Waals surface area contributed by atoms with E-state index in [1.54, 1.807) is 54.6 Å². The molecule has 168 valence electrons. The zero-order valence-electron chi connectivity index (χ0n) is 19.2. The van der Waals surface area contributed by atoms with Crippen LogP contribution >= 0.6 is 0 Å². The van der Waals surface area contributed by atoms with Gasteiger partial charge in [-0.2, -0.15) is 0 Å². The van der Waals surface area contributed by atoms with Gasteiger partial charge in [0.05, 0.1) is 17.5 Å². The third-order valence-electron chi connectivity index (χ3n) is 5.61. The number of carbonyl (C=O) groups is 1. The molecule has 0 bridgehead atoms. The van der Waals surface area contributed by atoms with E-state index >= 15 is 0 Å². The van der Waals surface area contributed by atoms with Crippen LogP contribution in [-0.4, -0.2) is 35.2 Å². The highest BCUT2D eigenvalue weighted by atomic mass is 32.2. The standard InChI is InChI=1S/C24H33NO4SSi/c1-19-12-15-22(16-13-19)30(27,28)25-21(18-29-31(5,6)24(2,3)4)14-17-23(26)20-10-8-7-9-11-20/h7-17,21,25H,18H2,1-6H3/b17-14+/t21-/m0/s1. The number of ketones is 1. The van der Waals surface area contributed by atoms with Gasteiger partial charge in [0.2, 0.25) is 10.0 Å². The van der Waals surface area contributed by atoms with Crippen molar-refractivity contribution in [3.63, 3.8) is 0 Å². The summed E-state index contributed by atoms with van der Waals surface area (Å²) in [6, 6.07) is 14.9. The Morgan fingerprint density at radius 3 is 2.19 bits per heavy atom. The first-order valence-electron chi connectivity index (χ1n) is 10.3. The van der Waals surface area contributed by atoms with Crippen LogP contribution in [-0.2, 0) is 14.4 Å². The van der Waals surface area contributed by atoms with Crippen LogP contribution in [0.25, 0.3) is 0 Å². The molecule has 0 unspecified atom stereocenters. The highest BCUT2D eigenvalue weighted by Gasteiger charge is 2.37. The maximum Gasteiger partial charge on any atom is 0.241 e. The average Bonchev–Trinajstić information content (AvgIpc) is 2.70. The van der Waals surface area contributed by atoms with E-state index in [1.165, 1.54) is 6.08 Å². The first-order valence-corrected chi connectivity index (χ1v) is 14.7. The lowest BCUT2D eigenvalue weighted by molar-refractivity contribution is 0.104. The molecule has 0 spiro atoms. The van der Waals surface area contributed by atoms with Crippen LogP contribution in [0.15, 0.2) is 71.6 Å². The lowest BCUT2D eigenvalue weighted by Crippen LogP contribution is -2.45. The van der Waals surface area contributed by atoms with Gasteiger partial charge in [-0.3, -0.25) is 4.79 Å². The van der Waals surface area contributed by atoms with Gasteiger partial charge in [0.25, 0.3) is 0 Å². The molecule has 0 aliphatic carbocycles. The number of rotatable bonds is 9. The Labute approximate surface area is 187 Å². The maximum absolute atomic E-state index is 12.9. The lowest BCUT2D eigenvalue weighted by atomic mass is 10.1. The predicted octanol–water partition coefficient (Wildman–Crippen LogP) is 5.10. The summed E-state index contributed by atoms with van der Waals surface area (Å²) < 4.78 is 34.8. The van der Waals surface area contributed by atoms with Crippen LogP contribution in [0.2, 0.25) is 18.1 Å². The Morgan fingerprint density at radius 2 is 1.65 bits per heavy atom. The van der Waals surface area contributed by atoms with E-state index in [0.29, 0.717) is 5.56 Å². The first kappa shape index (κ1) is 25.2. The van der Waals surface area contributed by atoms with Crippen molar-refractivity contribution >= 4 is 24.1 Å². The first-order chi connectivity index (χ1) is 14.3. The van der Waals surface area contributed by atoms with Gasteiger partial charge in [0.1, 0.15) is 0 Å². The maximum atomic E-state index is 12.9. The molecule has 0 amide bonds. The molecular formula is C24H33NO4SSi. The number of sulfonamides is 1. The molecule has 0 aliphatic heterocycles. The smallest absolute Gasteiger partial charge is 0.241 e. The van der Waals surface area contributed by atoms with Gasteiger partial charge in [0.15, 0.2) is 14.1 Å². The minimum absolute atomic E-state index is 0.0169. The van der Waals surface area contributed by atoms with Gasteiger partial charge in [0, 0.05) is 5.56 Å². The molecular weight excluding hydrogens is 426 g/mol. The van der Waals surface area contributed by atoms with Crippen LogP contribution < -0.4 is 4.72 Å². The van der Waals surface area contributed by atoms with Gasteiger partial charge in [-0.15, -0.1) is 0 Å². The summed E-state index contributed by atoms with van der Waals surface area (Å²) in [6.45, 7) is 12.6. The number of carbonyl (C=O) groups excluding carboxylic acids is 1. The molecule has 0 fully saturated rings. The SMILES string of the molecule is Cc1ccc(S(=O)(=O)N[C@@H](/C=C/C(=O)c2ccccc2)CO[Si](C)(C)C(C)(C)C)cc1. The van der Waals surface area contributed by atoms with Gasteiger partial charge in [-0.05, 0) is 43.3 Å². The van der Waals surface area contributed by atoms with Crippen molar-refractivity contribution in [2.24, 2.45) is 0 Å². The fourth-order valence-electron chi connectivity index (χ4n) is 2.53. The molecule has 31 heavy (non-hydrogen) atoms. The van der Waals surface area contributed by atoms with Crippen molar-refractivity contribution in [1.82, 2.24) is 4.72 Å². The summed E-state index contributed by atoms with van der Waals surface area (Å²) in [6.07, 6.45) is 2.99. The number of nitrogens with one attached hydrogen (secondary N) is 1. The monoisotopic (exact) mass is 459 g/mol. The van der Waals surface area contributed by atoms with E-state index < -0.39 is 24.4 Å². The fraction of sp³-hybridized carbons (Fsp3) is 0.375. The second-order valence-corrected chi connectivity index (χ2v) is 15.7. The van der Waals surface area contributed by atoms with Crippen molar-refractivity contribution in [1.29, 1.82) is 0 Å². The molecule has 0 saturated heterocycles. The number of hydrogen-bond donors (Lipinski definition) is 1. The molecule has 2 rings (SSSR count). The third-order valence-corrected chi connectivity index (χ3v) is 11.6. The summed E-state index contributed by atoms with van der Waals surface area (Å²) in [5.41, 5.74) is 1.52. The topological polar surface area (TPSA) is 72.5 Å². The van der Waals surface area contributed by atoms with Crippen LogP contribution in [0.3, 0.4) is 0 Å². The van der Waals surface area contributed by atoms with Crippen molar-refractivity contribution < 1.29 is 17.6 Å². The average molecular weight is 460 g/mol. The zero-order chi connectivity index (χ0) is 23.3. The fourth-order valence-corrected chi connectivity index (χ4v) is 4.74. The normalized spacial score (nSPS) is 14.0. The van der Waals surface area contributed by atoms with Crippen molar-refractivity contribution in [3.05, 3.63) is 77.9 Å². The summed E-state index contributed by atoms with van der Waals surface area (Å²) in [4.78, 5) is 12.7. The molecule has 0 aromatic heterocycles. The molecule has 7 heteroatoms. The Bertz CT molecular complexity index is 1010. The minimum atomic E-state index is -3.77. The van der Waals surface area contributed by atoms with Crippen LogP contribution in [0.5, 0.6) is 0 Å². The van der Waals surface area contributed by atoms with Crippen molar-refractivity contribution in [2.45, 2.75) is 56.8 Å². The highest BCUT2D eigenvalue weighted by molar-refractivity contribution is 7.89. The van der Waals surface area contributed by atoms with Gasteiger partial charge in [-0.1, -0.05) is 74.9 Å². The van der Waals surface area contributed by atoms with Gasteiger partial charge in [-0.25, -0.2) is 13.1 Å². The molecule has 0 radical (unpaired) electrons. The lowest BCUT2D eigenvalue weighted by Gasteiger charge is -2.37. The van der Waals surface area contributed by atoms with Crippen LogP contribution in [0.4, 0.5) is 0 Å². The van der Waals surface area contributed by atoms with E-state index in [0.717, 1.165) is 5.56 Å². The molecule has 5 nitrogen and oxygen atoms in total. The number of allylic oxidation sites excluding steroid dienone is 1. The Balaban J connectivity index is 2.25. The zero-order valence-corrected chi connectivity index (χ0v) is 21.0. The van der Waals surface area contributed by atoms with Crippen LogP contribution in [0.1, 0.15) is 36.7 Å². The predicted molar refractivity (Wildman–Crippen MR) is 128 cm³/mol. The number of benzene rings is 2. The molecule has 1 N–H and O–H groups in total. The Morgan fingerprint density at radius 1 is 1.06 bits per heavy atom. The Hall–Kier alpha value is -2.06. The molecule has 0 saturated carbocycles. The van der Waals surface area contributed by atoms with E-state index in [4.69, 9.17) is 4.43 Å². The second-order valence-electron chi connectivity index (χ2n) is 9.20. The highest BCUT2D eigenvalue weighted by Crippen LogP contribution is 2.36. The number of aryl methyl sites for hydroxylation is 1. The van der Waals surface area contributed by atoms with Gasteiger partial charge < -0.3 is 4.43 Å². The van der Waals surface area contributed by atoms with Crippen molar-refractivity contribution in [3.8, 4) is 0 Å². The van der Waals surface area contributed by atoms with Crippen molar-refractivity contribution in [2.75, 3.05) is 6.61 Å². The minimum Gasteiger partial charge on any atom is -0.415 e. The summed E-state index contributed by atoms with van der Waals surface area (Å²) in [5.74, 6) is -0.188. The van der Waals surface area contributed by atoms with E-state index in [1.807, 2.05) is 13.0 Å². The summed E-state index contributed by atoms with van der Waals surface area (Å²) >= 11 is 0. The summed E-state index contributed by atoms with van der Waals surface area (Å²) in [5, 5.41) is -0.0169. The number of hydrogen-bond acceptors (Lipinski definition) is 4. The van der Waals surface area contributed by atoms with E-state index in [2.05, 4.69) is 38.6 Å². The Kier molecular flexibility index (Phi) is 8.16. The molecule has 2 aromatic carbocycles.